The van der Waals surface area contributed by atoms with E-state index >= 15 is 0 Å². The van der Waals surface area contributed by atoms with Crippen LogP contribution in [0.25, 0.3) is 0 Å². The van der Waals surface area contributed by atoms with Crippen molar-refractivity contribution >= 4 is 44.8 Å². The van der Waals surface area contributed by atoms with Crippen LogP contribution in [-0.4, -0.2) is 44.8 Å². The molecule has 30 heavy (non-hydrogen) atoms. The zero-order chi connectivity index (χ0) is 21.7. The first kappa shape index (κ1) is 22.7. The van der Waals surface area contributed by atoms with Gasteiger partial charge >= 0.3 is 5.97 Å². The number of nitrogens with one attached hydrogen (secondary N) is 1. The number of ether oxygens (including phenoxy) is 1. The average molecular weight is 471 g/mol. The van der Waals surface area contributed by atoms with E-state index < -0.39 is 27.9 Å². The number of amides is 1. The highest BCUT2D eigenvalue weighted by Crippen LogP contribution is 2.29. The summed E-state index contributed by atoms with van der Waals surface area (Å²) in [4.78, 5) is 25.4. The van der Waals surface area contributed by atoms with Gasteiger partial charge in [-0.2, -0.15) is 4.31 Å². The summed E-state index contributed by atoms with van der Waals surface area (Å²) >= 11 is 7.59. The molecule has 1 aliphatic heterocycles. The zero-order valence-electron chi connectivity index (χ0n) is 16.5. The Balaban J connectivity index is 1.85. The van der Waals surface area contributed by atoms with Crippen molar-refractivity contribution in [3.8, 4) is 0 Å². The number of carbonyl (C=O) groups excluding carboxylic acids is 2. The first-order chi connectivity index (χ1) is 14.3. The summed E-state index contributed by atoms with van der Waals surface area (Å²) in [7, 11) is -2.51. The van der Waals surface area contributed by atoms with Gasteiger partial charge in [-0.1, -0.05) is 24.1 Å². The van der Waals surface area contributed by atoms with Crippen LogP contribution in [0.3, 0.4) is 0 Å². The van der Waals surface area contributed by atoms with Crippen molar-refractivity contribution in [2.45, 2.75) is 36.6 Å². The molecule has 0 saturated carbocycles. The maximum Gasteiger partial charge on any atom is 0.307 e. The minimum atomic E-state index is -3.79. The number of methoxy groups -OCH3 is 1. The van der Waals surface area contributed by atoms with Crippen LogP contribution in [-0.2, 0) is 19.6 Å². The molecular formula is C20H23ClN2O5S2. The van der Waals surface area contributed by atoms with E-state index in [1.807, 2.05) is 17.5 Å². The molecule has 7 nitrogen and oxygen atoms in total. The zero-order valence-corrected chi connectivity index (χ0v) is 18.9. The van der Waals surface area contributed by atoms with Gasteiger partial charge in [-0.05, 0) is 42.5 Å². The van der Waals surface area contributed by atoms with Crippen LogP contribution in [0.1, 0.15) is 47.0 Å². The molecule has 2 heterocycles. The molecule has 1 saturated heterocycles. The fourth-order valence-corrected chi connectivity index (χ4v) is 6.09. The van der Waals surface area contributed by atoms with Gasteiger partial charge in [0, 0.05) is 23.5 Å². The number of benzene rings is 1. The molecule has 0 aliphatic carbocycles. The number of hydrogen-bond acceptors (Lipinski definition) is 6. The van der Waals surface area contributed by atoms with Crippen LogP contribution in [0, 0.1) is 0 Å². The van der Waals surface area contributed by atoms with Crippen LogP contribution in [0.4, 0.5) is 0 Å². The lowest BCUT2D eigenvalue weighted by molar-refractivity contribution is -0.141. The largest absolute Gasteiger partial charge is 0.469 e. The van der Waals surface area contributed by atoms with Crippen LogP contribution >= 0.6 is 22.9 Å². The Labute approximate surface area is 185 Å². The molecule has 1 amide bonds. The molecule has 1 aromatic carbocycles. The van der Waals surface area contributed by atoms with Crippen LogP contribution < -0.4 is 5.32 Å². The summed E-state index contributed by atoms with van der Waals surface area (Å²) < 4.78 is 32.2. The van der Waals surface area contributed by atoms with Crippen LogP contribution in [0.2, 0.25) is 5.02 Å². The van der Waals surface area contributed by atoms with Crippen molar-refractivity contribution < 1.29 is 22.7 Å². The Bertz CT molecular complexity index is 1000. The van der Waals surface area contributed by atoms with Gasteiger partial charge in [-0.3, -0.25) is 9.59 Å². The van der Waals surface area contributed by atoms with Gasteiger partial charge in [0.2, 0.25) is 10.0 Å². The summed E-state index contributed by atoms with van der Waals surface area (Å²) in [5, 5.41) is 4.71. The summed E-state index contributed by atoms with van der Waals surface area (Å²) in [6, 6.07) is 7.23. The number of thiophene rings is 1. The predicted molar refractivity (Wildman–Crippen MR) is 115 cm³/mol. The molecule has 162 valence electrons. The van der Waals surface area contributed by atoms with Gasteiger partial charge in [0.05, 0.1) is 24.6 Å². The fraction of sp³-hybridized carbons (Fsp3) is 0.400. The first-order valence-electron chi connectivity index (χ1n) is 9.53. The molecular weight excluding hydrogens is 448 g/mol. The third kappa shape index (κ3) is 5.21. The SMILES string of the molecule is COC(=O)CC(NC(=O)c1ccc(Cl)c(S(=O)(=O)N2CCCCC2)c1)c1cccs1. The average Bonchev–Trinajstić information content (AvgIpc) is 3.28. The van der Waals surface area contributed by atoms with Crippen molar-refractivity contribution in [1.29, 1.82) is 0 Å². The molecule has 2 aromatic rings. The number of carbonyl (C=O) groups is 2. The second-order valence-corrected chi connectivity index (χ2v) is 10.2. The van der Waals surface area contributed by atoms with Gasteiger partial charge in [-0.25, -0.2) is 8.42 Å². The van der Waals surface area contributed by atoms with Gasteiger partial charge in [-0.15, -0.1) is 11.3 Å². The van der Waals surface area contributed by atoms with Gasteiger partial charge in [0.25, 0.3) is 5.91 Å². The number of nitrogens with zero attached hydrogens (tertiary/aromatic N) is 1. The second kappa shape index (κ2) is 9.91. The number of rotatable bonds is 7. The van der Waals surface area contributed by atoms with Crippen molar-refractivity contribution in [3.63, 3.8) is 0 Å². The van der Waals surface area contributed by atoms with E-state index in [2.05, 4.69) is 5.32 Å². The molecule has 0 radical (unpaired) electrons. The molecule has 1 unspecified atom stereocenters. The molecule has 10 heteroatoms. The highest BCUT2D eigenvalue weighted by molar-refractivity contribution is 7.89. The minimum absolute atomic E-state index is 0.0325. The maximum absolute atomic E-state index is 13.0. The molecule has 0 spiro atoms. The van der Waals surface area contributed by atoms with Crippen LogP contribution in [0.15, 0.2) is 40.6 Å². The van der Waals surface area contributed by atoms with Crippen molar-refractivity contribution in [2.24, 2.45) is 0 Å². The standard InChI is InChI=1S/C20H23ClN2O5S2/c1-28-19(24)13-16(17-6-5-11-29-17)22-20(25)14-7-8-15(21)18(12-14)30(26,27)23-9-3-2-4-10-23/h5-8,11-12,16H,2-4,9-10,13H2,1H3,(H,22,25). The Morgan fingerprint density at radius 3 is 2.60 bits per heavy atom. The minimum Gasteiger partial charge on any atom is -0.469 e. The van der Waals surface area contributed by atoms with E-state index in [1.54, 1.807) is 0 Å². The Kier molecular flexibility index (Phi) is 7.51. The molecule has 1 fully saturated rings. The number of piperidine rings is 1. The van der Waals surface area contributed by atoms with E-state index in [0.717, 1.165) is 24.1 Å². The molecule has 1 N–H and O–H groups in total. The molecule has 1 aliphatic rings. The normalized spacial score (nSPS) is 16.1. The highest BCUT2D eigenvalue weighted by atomic mass is 35.5. The summed E-state index contributed by atoms with van der Waals surface area (Å²) in [5.41, 5.74) is 0.154. The number of hydrogen-bond donors (Lipinski definition) is 1. The summed E-state index contributed by atoms with van der Waals surface area (Å²) in [6.45, 7) is 0.878. The van der Waals surface area contributed by atoms with Crippen LogP contribution in [0.5, 0.6) is 0 Å². The number of sulfonamides is 1. The van der Waals surface area contributed by atoms with Gasteiger partial charge in [0.1, 0.15) is 4.90 Å². The third-order valence-corrected chi connectivity index (χ3v) is 8.28. The Morgan fingerprint density at radius 1 is 1.23 bits per heavy atom. The highest BCUT2D eigenvalue weighted by Gasteiger charge is 2.29. The summed E-state index contributed by atoms with van der Waals surface area (Å²) in [6.07, 6.45) is 2.56. The Morgan fingerprint density at radius 2 is 1.97 bits per heavy atom. The molecule has 1 aromatic heterocycles. The van der Waals surface area contributed by atoms with E-state index in [4.69, 9.17) is 16.3 Å². The van der Waals surface area contributed by atoms with Crippen molar-refractivity contribution in [1.82, 2.24) is 9.62 Å². The lowest BCUT2D eigenvalue weighted by Gasteiger charge is -2.26. The molecule has 3 rings (SSSR count). The monoisotopic (exact) mass is 470 g/mol. The van der Waals surface area contributed by atoms with E-state index in [9.17, 15) is 18.0 Å². The molecule has 0 bridgehead atoms. The van der Waals surface area contributed by atoms with Crippen molar-refractivity contribution in [3.05, 3.63) is 51.2 Å². The van der Waals surface area contributed by atoms with E-state index in [1.165, 1.54) is 41.0 Å². The van der Waals surface area contributed by atoms with Gasteiger partial charge in [0.15, 0.2) is 0 Å². The summed E-state index contributed by atoms with van der Waals surface area (Å²) in [5.74, 6) is -0.956. The number of esters is 1. The quantitative estimate of drug-likeness (QED) is 0.624. The smallest absolute Gasteiger partial charge is 0.307 e. The lowest BCUT2D eigenvalue weighted by atomic mass is 10.1. The van der Waals surface area contributed by atoms with E-state index in [-0.39, 0.29) is 21.9 Å². The predicted octanol–water partition coefficient (Wildman–Crippen LogP) is 3.61. The Hall–Kier alpha value is -1.94. The third-order valence-electron chi connectivity index (χ3n) is 4.92. The first-order valence-corrected chi connectivity index (χ1v) is 12.2. The maximum atomic E-state index is 13.0. The lowest BCUT2D eigenvalue weighted by Crippen LogP contribution is -2.36. The second-order valence-electron chi connectivity index (χ2n) is 6.93. The molecule has 1 atom stereocenters. The fourth-order valence-electron chi connectivity index (χ4n) is 3.29. The van der Waals surface area contributed by atoms with E-state index in [0.29, 0.717) is 13.1 Å². The number of halogens is 1. The van der Waals surface area contributed by atoms with Crippen molar-refractivity contribution in [2.75, 3.05) is 20.2 Å². The topological polar surface area (TPSA) is 92.8 Å². The van der Waals surface area contributed by atoms with Gasteiger partial charge < -0.3 is 10.1 Å².